The van der Waals surface area contributed by atoms with E-state index in [1.807, 2.05) is 0 Å². The summed E-state index contributed by atoms with van der Waals surface area (Å²) in [7, 11) is 0. The van der Waals surface area contributed by atoms with E-state index in [9.17, 15) is 4.79 Å². The van der Waals surface area contributed by atoms with Crippen molar-refractivity contribution < 1.29 is 4.79 Å². The van der Waals surface area contributed by atoms with Crippen LogP contribution in [0.15, 0.2) is 30.9 Å². The third-order valence-electron chi connectivity index (χ3n) is 4.06. The molecule has 4 rings (SSSR count). The number of carbonyl (C=O) groups excluding carboxylic acids is 1. The third kappa shape index (κ3) is 2.92. The van der Waals surface area contributed by atoms with Gasteiger partial charge in [0.1, 0.15) is 6.33 Å². The summed E-state index contributed by atoms with van der Waals surface area (Å²) in [4.78, 5) is 22.1. The van der Waals surface area contributed by atoms with Gasteiger partial charge in [0.25, 0.3) is 5.91 Å². The zero-order valence-corrected chi connectivity index (χ0v) is 14.0. The Labute approximate surface area is 142 Å². The number of imidazole rings is 1. The van der Waals surface area contributed by atoms with E-state index in [1.165, 1.54) is 4.88 Å². The molecule has 122 valence electrons. The second-order valence-corrected chi connectivity index (χ2v) is 7.02. The lowest BCUT2D eigenvalue weighted by Gasteiger charge is -2.15. The molecule has 0 saturated carbocycles. The fourth-order valence-electron chi connectivity index (χ4n) is 2.73. The molecule has 1 amide bonds. The Morgan fingerprint density at radius 2 is 2.29 bits per heavy atom. The maximum atomic E-state index is 12.3. The molecule has 0 bridgehead atoms. The first kappa shape index (κ1) is 14.9. The highest BCUT2D eigenvalue weighted by Gasteiger charge is 2.21. The van der Waals surface area contributed by atoms with Crippen LogP contribution in [-0.2, 0) is 12.8 Å². The van der Waals surface area contributed by atoms with Gasteiger partial charge in [0.2, 0.25) is 0 Å². The standard InChI is InChI=1S/C16H16N6OS/c1-10-2-3-11-13(8-10)24-16(18-11)19-15(23)12-4-5-14(21-20-12)22-7-6-17-9-22/h4-7,9-10H,2-3,8H2,1H3,(H,18,19,23)/t10-/m0/s1. The summed E-state index contributed by atoms with van der Waals surface area (Å²) in [6.45, 7) is 2.25. The van der Waals surface area contributed by atoms with E-state index in [0.717, 1.165) is 25.0 Å². The highest BCUT2D eigenvalue weighted by molar-refractivity contribution is 7.15. The van der Waals surface area contributed by atoms with E-state index >= 15 is 0 Å². The molecule has 24 heavy (non-hydrogen) atoms. The molecule has 0 saturated heterocycles. The van der Waals surface area contributed by atoms with E-state index in [-0.39, 0.29) is 11.6 Å². The number of hydrogen-bond donors (Lipinski definition) is 1. The second kappa shape index (κ2) is 6.12. The zero-order chi connectivity index (χ0) is 16.5. The maximum absolute atomic E-state index is 12.3. The number of anilines is 1. The summed E-state index contributed by atoms with van der Waals surface area (Å²) >= 11 is 1.56. The summed E-state index contributed by atoms with van der Waals surface area (Å²) in [6, 6.07) is 3.38. The number of hydrogen-bond acceptors (Lipinski definition) is 6. The maximum Gasteiger partial charge on any atom is 0.277 e. The van der Waals surface area contributed by atoms with Crippen LogP contribution >= 0.6 is 11.3 Å². The molecule has 8 heteroatoms. The Bertz CT molecular complexity index is 855. The van der Waals surface area contributed by atoms with Crippen LogP contribution in [-0.4, -0.2) is 30.6 Å². The third-order valence-corrected chi connectivity index (χ3v) is 5.09. The molecule has 1 N–H and O–H groups in total. The summed E-state index contributed by atoms with van der Waals surface area (Å²) in [5.41, 5.74) is 1.38. The minimum atomic E-state index is -0.293. The first-order valence-corrected chi connectivity index (χ1v) is 8.62. The van der Waals surface area contributed by atoms with Crippen molar-refractivity contribution >= 4 is 22.4 Å². The van der Waals surface area contributed by atoms with Crippen molar-refractivity contribution in [2.24, 2.45) is 5.92 Å². The fraction of sp³-hybridized carbons (Fsp3) is 0.312. The molecule has 3 heterocycles. The molecular formula is C16H16N6OS. The Kier molecular flexibility index (Phi) is 3.81. The van der Waals surface area contributed by atoms with Gasteiger partial charge in [-0.05, 0) is 37.3 Å². The van der Waals surface area contributed by atoms with E-state index in [0.29, 0.717) is 16.9 Å². The van der Waals surface area contributed by atoms with Gasteiger partial charge in [-0.1, -0.05) is 6.92 Å². The van der Waals surface area contributed by atoms with Crippen molar-refractivity contribution in [1.82, 2.24) is 24.7 Å². The monoisotopic (exact) mass is 340 g/mol. The fourth-order valence-corrected chi connectivity index (χ4v) is 3.90. The summed E-state index contributed by atoms with van der Waals surface area (Å²) in [5.74, 6) is 1.00. The number of aryl methyl sites for hydroxylation is 1. The largest absolute Gasteiger partial charge is 0.296 e. The average molecular weight is 340 g/mol. The van der Waals surface area contributed by atoms with Gasteiger partial charge in [0.05, 0.1) is 5.69 Å². The van der Waals surface area contributed by atoms with Gasteiger partial charge in [0.15, 0.2) is 16.6 Å². The minimum Gasteiger partial charge on any atom is -0.296 e. The number of aromatic nitrogens is 5. The summed E-state index contributed by atoms with van der Waals surface area (Å²) in [5, 5.41) is 11.5. The van der Waals surface area contributed by atoms with Gasteiger partial charge in [-0.3, -0.25) is 14.7 Å². The molecule has 7 nitrogen and oxygen atoms in total. The van der Waals surface area contributed by atoms with E-state index in [2.05, 4.69) is 32.4 Å². The van der Waals surface area contributed by atoms with Crippen molar-refractivity contribution in [3.63, 3.8) is 0 Å². The SMILES string of the molecule is C[C@H]1CCc2nc(NC(=O)c3ccc(-n4ccnc4)nn3)sc2C1. The number of nitrogens with one attached hydrogen (secondary N) is 1. The van der Waals surface area contributed by atoms with Crippen LogP contribution in [0.25, 0.3) is 5.82 Å². The molecule has 0 spiro atoms. The highest BCUT2D eigenvalue weighted by Crippen LogP contribution is 2.32. The van der Waals surface area contributed by atoms with Crippen molar-refractivity contribution in [1.29, 1.82) is 0 Å². The van der Waals surface area contributed by atoms with Gasteiger partial charge in [0, 0.05) is 17.3 Å². The van der Waals surface area contributed by atoms with Crippen LogP contribution < -0.4 is 5.32 Å². The predicted octanol–water partition coefficient (Wildman–Crippen LogP) is 2.50. The quantitative estimate of drug-likeness (QED) is 0.792. The molecule has 3 aromatic rings. The number of carbonyl (C=O) groups is 1. The van der Waals surface area contributed by atoms with E-state index in [1.54, 1.807) is 46.8 Å². The van der Waals surface area contributed by atoms with Crippen molar-refractivity contribution in [3.8, 4) is 5.82 Å². The first-order valence-electron chi connectivity index (χ1n) is 7.81. The highest BCUT2D eigenvalue weighted by atomic mass is 32.1. The van der Waals surface area contributed by atoms with Crippen LogP contribution in [0.2, 0.25) is 0 Å². The van der Waals surface area contributed by atoms with Crippen molar-refractivity contribution in [2.45, 2.75) is 26.2 Å². The van der Waals surface area contributed by atoms with Crippen LogP contribution in [0.4, 0.5) is 5.13 Å². The van der Waals surface area contributed by atoms with Gasteiger partial charge in [-0.2, -0.15) is 0 Å². The van der Waals surface area contributed by atoms with Crippen molar-refractivity contribution in [2.75, 3.05) is 5.32 Å². The molecule has 0 aromatic carbocycles. The molecule has 0 unspecified atom stereocenters. The number of rotatable bonds is 3. The number of amides is 1. The molecule has 0 fully saturated rings. The molecule has 0 radical (unpaired) electrons. The summed E-state index contributed by atoms with van der Waals surface area (Å²) in [6.07, 6.45) is 8.25. The van der Waals surface area contributed by atoms with Crippen LogP contribution in [0.1, 0.15) is 34.4 Å². The first-order chi connectivity index (χ1) is 11.7. The summed E-state index contributed by atoms with van der Waals surface area (Å²) < 4.78 is 1.73. The Hall–Kier alpha value is -2.61. The van der Waals surface area contributed by atoms with Gasteiger partial charge in [-0.25, -0.2) is 9.97 Å². The molecule has 1 atom stereocenters. The second-order valence-electron chi connectivity index (χ2n) is 5.94. The van der Waals surface area contributed by atoms with E-state index in [4.69, 9.17) is 0 Å². The predicted molar refractivity (Wildman–Crippen MR) is 90.4 cm³/mol. The number of fused-ring (bicyclic) bond motifs is 1. The smallest absolute Gasteiger partial charge is 0.277 e. The molecule has 1 aliphatic rings. The van der Waals surface area contributed by atoms with Crippen LogP contribution in [0, 0.1) is 5.92 Å². The minimum absolute atomic E-state index is 0.264. The molecule has 3 aromatic heterocycles. The molecule has 0 aliphatic heterocycles. The normalized spacial score (nSPS) is 16.6. The van der Waals surface area contributed by atoms with Gasteiger partial charge < -0.3 is 0 Å². The Morgan fingerprint density at radius 1 is 1.38 bits per heavy atom. The lowest BCUT2D eigenvalue weighted by Crippen LogP contribution is -2.15. The lowest BCUT2D eigenvalue weighted by molar-refractivity contribution is 0.102. The topological polar surface area (TPSA) is 85.6 Å². The van der Waals surface area contributed by atoms with E-state index < -0.39 is 0 Å². The molecule has 1 aliphatic carbocycles. The Balaban J connectivity index is 1.48. The number of nitrogens with zero attached hydrogens (tertiary/aromatic N) is 5. The van der Waals surface area contributed by atoms with Crippen LogP contribution in [0.3, 0.4) is 0 Å². The number of thiazole rings is 1. The van der Waals surface area contributed by atoms with Gasteiger partial charge in [-0.15, -0.1) is 21.5 Å². The zero-order valence-electron chi connectivity index (χ0n) is 13.1. The lowest BCUT2D eigenvalue weighted by atomic mass is 9.93. The van der Waals surface area contributed by atoms with Crippen molar-refractivity contribution in [3.05, 3.63) is 47.1 Å². The van der Waals surface area contributed by atoms with Crippen LogP contribution in [0.5, 0.6) is 0 Å². The Morgan fingerprint density at radius 3 is 3.04 bits per heavy atom. The average Bonchev–Trinajstić information content (AvgIpc) is 3.23. The molecular weight excluding hydrogens is 324 g/mol. The van der Waals surface area contributed by atoms with Gasteiger partial charge >= 0.3 is 0 Å².